The smallest absolute Gasteiger partial charge is 0.416 e. The minimum Gasteiger partial charge on any atom is -0.444 e. The zero-order chi connectivity index (χ0) is 33.5. The summed E-state index contributed by atoms with van der Waals surface area (Å²) >= 11 is 0. The molecule has 0 bridgehead atoms. The first-order chi connectivity index (χ1) is 21.7. The molecule has 0 radical (unpaired) electrons. The van der Waals surface area contributed by atoms with Crippen molar-refractivity contribution in [1.29, 1.82) is 0 Å². The SMILES string of the molecule is CN(CCN(Cc1ccccc1C(F)(F)F)C(=O)CNc1cccc2c1CCN(C(=O)NC1CCCCC1)C2)C(=O)OC(C)(C)C. The minimum absolute atomic E-state index is 0.000407. The highest BCUT2D eigenvalue weighted by Gasteiger charge is 2.34. The van der Waals surface area contributed by atoms with Crippen LogP contribution in [0.3, 0.4) is 0 Å². The van der Waals surface area contributed by atoms with Gasteiger partial charge in [-0.25, -0.2) is 9.59 Å². The van der Waals surface area contributed by atoms with E-state index in [1.54, 1.807) is 20.8 Å². The second-order valence-electron chi connectivity index (χ2n) is 13.1. The lowest BCUT2D eigenvalue weighted by molar-refractivity contribution is -0.139. The van der Waals surface area contributed by atoms with Crippen molar-refractivity contribution in [1.82, 2.24) is 20.0 Å². The quantitative estimate of drug-likeness (QED) is 0.329. The van der Waals surface area contributed by atoms with Crippen molar-refractivity contribution in [3.05, 3.63) is 64.7 Å². The fourth-order valence-electron chi connectivity index (χ4n) is 5.88. The Kier molecular flexibility index (Phi) is 11.4. The maximum atomic E-state index is 13.8. The van der Waals surface area contributed by atoms with Crippen LogP contribution >= 0.6 is 0 Å². The van der Waals surface area contributed by atoms with Crippen LogP contribution in [0, 0.1) is 0 Å². The molecular weight excluding hydrogens is 599 g/mol. The van der Waals surface area contributed by atoms with Crippen LogP contribution in [0.15, 0.2) is 42.5 Å². The molecule has 2 N–H and O–H groups in total. The molecular formula is C34H46F3N5O4. The number of likely N-dealkylation sites (N-methyl/N-ethyl adjacent to an activating group) is 1. The molecule has 2 aromatic rings. The molecule has 0 spiro atoms. The Balaban J connectivity index is 1.44. The van der Waals surface area contributed by atoms with Gasteiger partial charge in [-0.3, -0.25) is 4.79 Å². The summed E-state index contributed by atoms with van der Waals surface area (Å²) in [6.07, 6.45) is 0.926. The molecule has 1 aliphatic carbocycles. The molecule has 1 heterocycles. The molecule has 1 aliphatic heterocycles. The Morgan fingerprint density at radius 3 is 2.39 bits per heavy atom. The first kappa shape index (κ1) is 34.9. The molecule has 2 aromatic carbocycles. The lowest BCUT2D eigenvalue weighted by Crippen LogP contribution is -2.47. The molecule has 12 heteroatoms. The topological polar surface area (TPSA) is 94.2 Å². The van der Waals surface area contributed by atoms with Gasteiger partial charge in [0.1, 0.15) is 5.60 Å². The molecule has 9 nitrogen and oxygen atoms in total. The highest BCUT2D eigenvalue weighted by Crippen LogP contribution is 2.32. The van der Waals surface area contributed by atoms with Crippen LogP contribution in [0.2, 0.25) is 0 Å². The third kappa shape index (κ3) is 9.77. The molecule has 0 atom stereocenters. The van der Waals surface area contributed by atoms with Gasteiger partial charge in [0.25, 0.3) is 0 Å². The molecule has 46 heavy (non-hydrogen) atoms. The molecule has 4 amide bonds. The van der Waals surface area contributed by atoms with E-state index in [1.807, 2.05) is 23.1 Å². The minimum atomic E-state index is -4.58. The molecule has 0 saturated heterocycles. The van der Waals surface area contributed by atoms with Gasteiger partial charge < -0.3 is 30.1 Å². The van der Waals surface area contributed by atoms with Crippen molar-refractivity contribution in [2.75, 3.05) is 38.5 Å². The lowest BCUT2D eigenvalue weighted by atomic mass is 9.95. The maximum absolute atomic E-state index is 13.8. The predicted octanol–water partition coefficient (Wildman–Crippen LogP) is 6.41. The van der Waals surface area contributed by atoms with Gasteiger partial charge in [0.2, 0.25) is 5.91 Å². The van der Waals surface area contributed by atoms with Gasteiger partial charge in [-0.15, -0.1) is 0 Å². The number of benzene rings is 2. The molecule has 0 unspecified atom stereocenters. The van der Waals surface area contributed by atoms with E-state index in [2.05, 4.69) is 10.6 Å². The van der Waals surface area contributed by atoms with Crippen molar-refractivity contribution in [3.8, 4) is 0 Å². The number of alkyl halides is 3. The predicted molar refractivity (Wildman–Crippen MR) is 170 cm³/mol. The van der Waals surface area contributed by atoms with E-state index in [0.717, 1.165) is 48.6 Å². The van der Waals surface area contributed by atoms with Gasteiger partial charge in [0, 0.05) is 51.5 Å². The van der Waals surface area contributed by atoms with Gasteiger partial charge in [0.05, 0.1) is 12.1 Å². The standard InChI is InChI=1S/C34H46F3N5O4/c1-33(2,3)46-32(45)40(4)19-20-41(23-25-11-8-9-15-28(25)34(35,36)37)30(43)21-38-29-16-10-12-24-22-42(18-17-27(24)29)31(44)39-26-13-6-5-7-14-26/h8-12,15-16,26,38H,5-7,13-14,17-23H2,1-4H3,(H,39,44). The zero-order valence-corrected chi connectivity index (χ0v) is 27.2. The number of rotatable bonds is 9. The number of hydrogen-bond acceptors (Lipinski definition) is 5. The summed E-state index contributed by atoms with van der Waals surface area (Å²) in [6.45, 7) is 5.82. The van der Waals surface area contributed by atoms with Gasteiger partial charge >= 0.3 is 18.3 Å². The molecule has 2 aliphatic rings. The van der Waals surface area contributed by atoms with Crippen LogP contribution in [-0.4, -0.2) is 77.6 Å². The second-order valence-corrected chi connectivity index (χ2v) is 13.1. The first-order valence-corrected chi connectivity index (χ1v) is 16.0. The summed E-state index contributed by atoms with van der Waals surface area (Å²) < 4.78 is 46.8. The molecule has 1 saturated carbocycles. The number of urea groups is 1. The summed E-state index contributed by atoms with van der Waals surface area (Å²) in [5, 5.41) is 6.37. The average molecular weight is 646 g/mol. The molecule has 1 fully saturated rings. The Hall–Kier alpha value is -3.96. The zero-order valence-electron chi connectivity index (χ0n) is 27.2. The number of hydrogen-bond donors (Lipinski definition) is 2. The number of nitrogens with zero attached hydrogens (tertiary/aromatic N) is 3. The Labute approximate surface area is 269 Å². The second kappa shape index (κ2) is 15.1. The van der Waals surface area contributed by atoms with E-state index in [0.29, 0.717) is 19.5 Å². The third-order valence-corrected chi connectivity index (χ3v) is 8.36. The highest BCUT2D eigenvalue weighted by molar-refractivity contribution is 5.81. The van der Waals surface area contributed by atoms with E-state index >= 15 is 0 Å². The molecule has 0 aromatic heterocycles. The number of fused-ring (bicyclic) bond motifs is 1. The van der Waals surface area contributed by atoms with Crippen LogP contribution < -0.4 is 10.6 Å². The average Bonchev–Trinajstić information content (AvgIpc) is 3.00. The van der Waals surface area contributed by atoms with Crippen molar-refractivity contribution in [2.45, 2.75) is 90.2 Å². The summed E-state index contributed by atoms with van der Waals surface area (Å²) in [7, 11) is 1.52. The van der Waals surface area contributed by atoms with Crippen LogP contribution in [0.5, 0.6) is 0 Å². The van der Waals surface area contributed by atoms with Gasteiger partial charge in [0.15, 0.2) is 0 Å². The van der Waals surface area contributed by atoms with E-state index in [-0.39, 0.29) is 43.8 Å². The normalized spacial score (nSPS) is 15.5. The summed E-state index contributed by atoms with van der Waals surface area (Å²) in [5.74, 6) is -0.420. The fraction of sp³-hybridized carbons (Fsp3) is 0.559. The van der Waals surface area contributed by atoms with Crippen LogP contribution in [0.25, 0.3) is 0 Å². The van der Waals surface area contributed by atoms with E-state index in [9.17, 15) is 27.6 Å². The first-order valence-electron chi connectivity index (χ1n) is 16.0. The summed E-state index contributed by atoms with van der Waals surface area (Å²) in [6, 6.07) is 11.0. The largest absolute Gasteiger partial charge is 0.444 e. The monoisotopic (exact) mass is 645 g/mol. The summed E-state index contributed by atoms with van der Waals surface area (Å²) in [4.78, 5) is 43.5. The van der Waals surface area contributed by atoms with Crippen LogP contribution in [0.4, 0.5) is 28.4 Å². The Morgan fingerprint density at radius 2 is 1.70 bits per heavy atom. The highest BCUT2D eigenvalue weighted by atomic mass is 19.4. The van der Waals surface area contributed by atoms with E-state index < -0.39 is 29.3 Å². The summed E-state index contributed by atoms with van der Waals surface area (Å²) in [5.41, 5.74) is 1.18. The van der Waals surface area contributed by atoms with Gasteiger partial charge in [-0.2, -0.15) is 13.2 Å². The number of amides is 4. The van der Waals surface area contributed by atoms with Crippen molar-refractivity contribution in [2.24, 2.45) is 0 Å². The van der Waals surface area contributed by atoms with E-state index in [4.69, 9.17) is 4.74 Å². The third-order valence-electron chi connectivity index (χ3n) is 8.36. The Morgan fingerprint density at radius 1 is 0.978 bits per heavy atom. The van der Waals surface area contributed by atoms with Crippen LogP contribution in [-0.2, 0) is 35.2 Å². The van der Waals surface area contributed by atoms with Crippen molar-refractivity contribution < 1.29 is 32.3 Å². The van der Waals surface area contributed by atoms with Crippen LogP contribution in [0.1, 0.15) is 75.1 Å². The Bertz CT molecular complexity index is 1370. The number of carbonyl (C=O) groups excluding carboxylic acids is 3. The van der Waals surface area contributed by atoms with E-state index in [1.165, 1.54) is 41.5 Å². The fourth-order valence-corrected chi connectivity index (χ4v) is 5.88. The maximum Gasteiger partial charge on any atom is 0.416 e. The molecule has 252 valence electrons. The lowest BCUT2D eigenvalue weighted by Gasteiger charge is -2.33. The number of carbonyl (C=O) groups is 3. The number of halogens is 3. The van der Waals surface area contributed by atoms with Gasteiger partial charge in [-0.05, 0) is 68.9 Å². The number of ether oxygens (including phenoxy) is 1. The van der Waals surface area contributed by atoms with Crippen molar-refractivity contribution >= 4 is 23.7 Å². The number of nitrogens with one attached hydrogen (secondary N) is 2. The molecule has 4 rings (SSSR count). The number of anilines is 1. The van der Waals surface area contributed by atoms with Gasteiger partial charge in [-0.1, -0.05) is 49.6 Å². The van der Waals surface area contributed by atoms with Crippen molar-refractivity contribution in [3.63, 3.8) is 0 Å².